The summed E-state index contributed by atoms with van der Waals surface area (Å²) in [6.45, 7) is 2.67. The van der Waals surface area contributed by atoms with Crippen LogP contribution in [0.4, 0.5) is 5.69 Å². The summed E-state index contributed by atoms with van der Waals surface area (Å²) >= 11 is 1.64. The second kappa shape index (κ2) is 5.69. The maximum absolute atomic E-state index is 10.9. The summed E-state index contributed by atoms with van der Waals surface area (Å²) < 4.78 is 0. The number of aliphatic carboxylic acids is 1. The highest BCUT2D eigenvalue weighted by Gasteiger charge is 2.11. The van der Waals surface area contributed by atoms with Gasteiger partial charge in [-0.3, -0.25) is 4.79 Å². The molecule has 0 aliphatic heterocycles. The van der Waals surface area contributed by atoms with Gasteiger partial charge < -0.3 is 10.0 Å². The number of nitrogens with zero attached hydrogens (tertiary/aromatic N) is 1. The predicted molar refractivity (Wildman–Crippen MR) is 74.2 cm³/mol. The van der Waals surface area contributed by atoms with Gasteiger partial charge in [-0.1, -0.05) is 23.8 Å². The zero-order valence-electron chi connectivity index (χ0n) is 10.2. The van der Waals surface area contributed by atoms with E-state index in [1.54, 1.807) is 11.3 Å². The Morgan fingerprint density at radius 2 is 2.00 bits per heavy atom. The molecular weight excluding hydrogens is 246 g/mol. The van der Waals surface area contributed by atoms with Gasteiger partial charge in [-0.25, -0.2) is 0 Å². The van der Waals surface area contributed by atoms with Gasteiger partial charge in [0, 0.05) is 10.6 Å². The zero-order valence-corrected chi connectivity index (χ0v) is 11.0. The first-order chi connectivity index (χ1) is 8.65. The van der Waals surface area contributed by atoms with Crippen LogP contribution in [0.2, 0.25) is 0 Å². The van der Waals surface area contributed by atoms with E-state index in [-0.39, 0.29) is 6.54 Å². The second-order valence-corrected chi connectivity index (χ2v) is 5.20. The third-order valence-corrected chi connectivity index (χ3v) is 3.51. The van der Waals surface area contributed by atoms with Crippen molar-refractivity contribution in [1.82, 2.24) is 0 Å². The number of benzene rings is 1. The van der Waals surface area contributed by atoms with E-state index in [0.717, 1.165) is 10.6 Å². The van der Waals surface area contributed by atoms with Crippen LogP contribution in [0.1, 0.15) is 10.4 Å². The molecule has 0 spiro atoms. The van der Waals surface area contributed by atoms with Gasteiger partial charge in [-0.2, -0.15) is 0 Å². The van der Waals surface area contributed by atoms with Gasteiger partial charge in [0.1, 0.15) is 6.54 Å². The highest BCUT2D eigenvalue weighted by Crippen LogP contribution is 2.19. The Hall–Kier alpha value is -1.81. The van der Waals surface area contributed by atoms with Crippen molar-refractivity contribution in [3.63, 3.8) is 0 Å². The third kappa shape index (κ3) is 3.34. The molecule has 0 fully saturated rings. The van der Waals surface area contributed by atoms with Crippen LogP contribution < -0.4 is 4.90 Å². The Bertz CT molecular complexity index is 505. The maximum Gasteiger partial charge on any atom is 0.323 e. The van der Waals surface area contributed by atoms with Crippen LogP contribution in [-0.2, 0) is 11.3 Å². The Balaban J connectivity index is 2.19. The molecule has 2 rings (SSSR count). The van der Waals surface area contributed by atoms with Crippen LogP contribution >= 0.6 is 11.3 Å². The number of carbonyl (C=O) groups is 1. The molecule has 0 saturated carbocycles. The lowest BCUT2D eigenvalue weighted by molar-refractivity contribution is -0.135. The predicted octanol–water partition coefficient (Wildman–Crippen LogP) is 3.15. The first kappa shape index (κ1) is 12.6. The SMILES string of the molecule is Cc1ccc(N(CC(=O)O)Cc2cccs2)cc1. The average molecular weight is 261 g/mol. The average Bonchev–Trinajstić information content (AvgIpc) is 2.81. The van der Waals surface area contributed by atoms with Crippen molar-refractivity contribution in [1.29, 1.82) is 0 Å². The molecule has 0 saturated heterocycles. The fourth-order valence-electron chi connectivity index (χ4n) is 1.75. The van der Waals surface area contributed by atoms with Gasteiger partial charge in [0.15, 0.2) is 0 Å². The Labute approximate surface area is 110 Å². The van der Waals surface area contributed by atoms with E-state index in [0.29, 0.717) is 6.54 Å². The van der Waals surface area contributed by atoms with Gasteiger partial charge in [0.2, 0.25) is 0 Å². The number of rotatable bonds is 5. The first-order valence-corrected chi connectivity index (χ1v) is 6.59. The van der Waals surface area contributed by atoms with Crippen molar-refractivity contribution in [3.05, 3.63) is 52.2 Å². The van der Waals surface area contributed by atoms with Crippen molar-refractivity contribution >= 4 is 23.0 Å². The van der Waals surface area contributed by atoms with E-state index >= 15 is 0 Å². The minimum absolute atomic E-state index is 0.0148. The first-order valence-electron chi connectivity index (χ1n) is 5.71. The molecule has 1 heterocycles. The molecule has 1 aromatic heterocycles. The van der Waals surface area contributed by atoms with Crippen molar-refractivity contribution < 1.29 is 9.90 Å². The molecule has 1 aromatic carbocycles. The minimum atomic E-state index is -0.813. The Morgan fingerprint density at radius 1 is 1.28 bits per heavy atom. The van der Waals surface area contributed by atoms with Crippen LogP contribution in [0, 0.1) is 6.92 Å². The van der Waals surface area contributed by atoms with Gasteiger partial charge in [0.05, 0.1) is 6.54 Å². The second-order valence-electron chi connectivity index (χ2n) is 4.16. The van der Waals surface area contributed by atoms with Crippen LogP contribution in [0.3, 0.4) is 0 Å². The highest BCUT2D eigenvalue weighted by atomic mass is 32.1. The van der Waals surface area contributed by atoms with Crippen molar-refractivity contribution in [3.8, 4) is 0 Å². The van der Waals surface area contributed by atoms with E-state index < -0.39 is 5.97 Å². The quantitative estimate of drug-likeness (QED) is 0.898. The fourth-order valence-corrected chi connectivity index (χ4v) is 2.47. The standard InChI is InChI=1S/C14H15NO2S/c1-11-4-6-12(7-5-11)15(10-14(16)17)9-13-3-2-8-18-13/h2-8H,9-10H2,1H3,(H,16,17). The number of carboxylic acid groups (broad SMARTS) is 1. The lowest BCUT2D eigenvalue weighted by Crippen LogP contribution is -2.28. The number of hydrogen-bond acceptors (Lipinski definition) is 3. The summed E-state index contributed by atoms with van der Waals surface area (Å²) in [7, 11) is 0. The highest BCUT2D eigenvalue weighted by molar-refractivity contribution is 7.09. The van der Waals surface area contributed by atoms with Crippen molar-refractivity contribution in [2.45, 2.75) is 13.5 Å². The summed E-state index contributed by atoms with van der Waals surface area (Å²) in [6.07, 6.45) is 0. The molecule has 0 atom stereocenters. The maximum atomic E-state index is 10.9. The van der Waals surface area contributed by atoms with Gasteiger partial charge in [-0.05, 0) is 30.5 Å². The molecule has 0 unspecified atom stereocenters. The molecule has 18 heavy (non-hydrogen) atoms. The summed E-state index contributed by atoms with van der Waals surface area (Å²) in [6, 6.07) is 11.9. The van der Waals surface area contributed by atoms with Crippen LogP contribution in [0.15, 0.2) is 41.8 Å². The number of carboxylic acids is 1. The van der Waals surface area contributed by atoms with Gasteiger partial charge >= 0.3 is 5.97 Å². The number of thiophene rings is 1. The number of anilines is 1. The smallest absolute Gasteiger partial charge is 0.323 e. The van der Waals surface area contributed by atoms with Gasteiger partial charge in [0.25, 0.3) is 0 Å². The third-order valence-electron chi connectivity index (χ3n) is 2.65. The van der Waals surface area contributed by atoms with Crippen molar-refractivity contribution in [2.75, 3.05) is 11.4 Å². The van der Waals surface area contributed by atoms with Crippen LogP contribution in [0.5, 0.6) is 0 Å². The van der Waals surface area contributed by atoms with Crippen LogP contribution in [0.25, 0.3) is 0 Å². The largest absolute Gasteiger partial charge is 0.480 e. The lowest BCUT2D eigenvalue weighted by atomic mass is 10.2. The monoisotopic (exact) mass is 261 g/mol. The van der Waals surface area contributed by atoms with Crippen LogP contribution in [-0.4, -0.2) is 17.6 Å². The van der Waals surface area contributed by atoms with E-state index in [4.69, 9.17) is 5.11 Å². The Kier molecular flexibility index (Phi) is 3.99. The van der Waals surface area contributed by atoms with Crippen molar-refractivity contribution in [2.24, 2.45) is 0 Å². The topological polar surface area (TPSA) is 40.5 Å². The number of aryl methyl sites for hydroxylation is 1. The molecule has 0 radical (unpaired) electrons. The van der Waals surface area contributed by atoms with E-state index in [1.807, 2.05) is 53.6 Å². The summed E-state index contributed by atoms with van der Waals surface area (Å²) in [5.74, 6) is -0.813. The molecule has 4 heteroatoms. The molecule has 3 nitrogen and oxygen atoms in total. The number of hydrogen-bond donors (Lipinski definition) is 1. The zero-order chi connectivity index (χ0) is 13.0. The normalized spacial score (nSPS) is 10.3. The molecule has 0 aliphatic rings. The van der Waals surface area contributed by atoms with Gasteiger partial charge in [-0.15, -0.1) is 11.3 Å². The molecular formula is C14H15NO2S. The molecule has 0 aliphatic carbocycles. The molecule has 0 amide bonds. The van der Waals surface area contributed by atoms with E-state index in [1.165, 1.54) is 5.56 Å². The molecule has 0 bridgehead atoms. The van der Waals surface area contributed by atoms with E-state index in [2.05, 4.69) is 0 Å². The molecule has 1 N–H and O–H groups in total. The molecule has 94 valence electrons. The summed E-state index contributed by atoms with van der Waals surface area (Å²) in [5.41, 5.74) is 2.11. The fraction of sp³-hybridized carbons (Fsp3) is 0.214. The summed E-state index contributed by atoms with van der Waals surface area (Å²) in [4.78, 5) is 14.0. The van der Waals surface area contributed by atoms with E-state index in [9.17, 15) is 4.79 Å². The molecule has 2 aromatic rings. The lowest BCUT2D eigenvalue weighted by Gasteiger charge is -2.22. The summed E-state index contributed by atoms with van der Waals surface area (Å²) in [5, 5.41) is 11.0. The minimum Gasteiger partial charge on any atom is -0.480 e. The Morgan fingerprint density at radius 3 is 2.56 bits per heavy atom.